The average molecular weight is 448 g/mol. The molecule has 0 bridgehead atoms. The molecule has 4 nitrogen and oxygen atoms in total. The van der Waals surface area contributed by atoms with Crippen LogP contribution in [0.1, 0.15) is 43.0 Å². The number of nitrogens with zero attached hydrogens (tertiary/aromatic N) is 3. The summed E-state index contributed by atoms with van der Waals surface area (Å²) >= 11 is 0. The Kier molecular flexibility index (Phi) is 5.54. The lowest BCUT2D eigenvalue weighted by Gasteiger charge is -2.37. The zero-order chi connectivity index (χ0) is 23.8. The maximum atomic E-state index is 10.7. The third-order valence-electron chi connectivity index (χ3n) is 7.01. The SMILES string of the molecule is CC(C)(c1ccccc1)c1cc(-n2nc3ccccc3n2)ccc1C(C)(CO)c1ccccc1. The first-order valence-corrected chi connectivity index (χ1v) is 11.6. The summed E-state index contributed by atoms with van der Waals surface area (Å²) in [6.07, 6.45) is 0. The predicted molar refractivity (Wildman–Crippen MR) is 137 cm³/mol. The van der Waals surface area contributed by atoms with Gasteiger partial charge in [-0.3, -0.25) is 0 Å². The number of rotatable bonds is 6. The summed E-state index contributed by atoms with van der Waals surface area (Å²) < 4.78 is 0. The van der Waals surface area contributed by atoms with Gasteiger partial charge in [0.25, 0.3) is 0 Å². The Labute approximate surface area is 200 Å². The minimum absolute atomic E-state index is 0.00185. The number of aliphatic hydroxyl groups is 1. The van der Waals surface area contributed by atoms with Gasteiger partial charge in [-0.25, -0.2) is 0 Å². The van der Waals surface area contributed by atoms with Crippen LogP contribution in [0, 0.1) is 0 Å². The molecular weight excluding hydrogens is 418 g/mol. The van der Waals surface area contributed by atoms with Crippen molar-refractivity contribution in [1.82, 2.24) is 15.0 Å². The fourth-order valence-corrected chi connectivity index (χ4v) is 4.78. The topological polar surface area (TPSA) is 50.9 Å². The van der Waals surface area contributed by atoms with Crippen LogP contribution in [0.5, 0.6) is 0 Å². The predicted octanol–water partition coefficient (Wildman–Crippen LogP) is 6.04. The molecule has 0 saturated heterocycles. The Morgan fingerprint density at radius 2 is 1.18 bits per heavy atom. The van der Waals surface area contributed by atoms with E-state index in [1.165, 1.54) is 5.56 Å². The fraction of sp³-hybridized carbons (Fsp3) is 0.200. The third-order valence-corrected chi connectivity index (χ3v) is 7.01. The standard InChI is InChI=1S/C30H29N3O/c1-29(2,22-12-6-4-7-13-22)26-20-24(33-31-27-16-10-11-17-28(27)32-33)18-19-25(26)30(3,21-34)23-14-8-5-9-15-23/h4-20,34H,21H2,1-3H3. The van der Waals surface area contributed by atoms with Crippen molar-refractivity contribution in [3.05, 3.63) is 125 Å². The van der Waals surface area contributed by atoms with Crippen molar-refractivity contribution >= 4 is 11.0 Å². The van der Waals surface area contributed by atoms with Crippen LogP contribution in [0.3, 0.4) is 0 Å². The second-order valence-electron chi connectivity index (χ2n) is 9.56. The van der Waals surface area contributed by atoms with E-state index in [1.807, 2.05) is 48.5 Å². The second kappa shape index (κ2) is 8.54. The van der Waals surface area contributed by atoms with Gasteiger partial charge in [0.2, 0.25) is 0 Å². The fourth-order valence-electron chi connectivity index (χ4n) is 4.78. The van der Waals surface area contributed by atoms with Crippen LogP contribution in [0.15, 0.2) is 103 Å². The van der Waals surface area contributed by atoms with E-state index in [2.05, 4.69) is 75.4 Å². The van der Waals surface area contributed by atoms with Crippen LogP contribution in [0.2, 0.25) is 0 Å². The van der Waals surface area contributed by atoms with Crippen LogP contribution < -0.4 is 0 Å². The Morgan fingerprint density at radius 1 is 0.647 bits per heavy atom. The van der Waals surface area contributed by atoms with Crippen LogP contribution in [-0.4, -0.2) is 26.7 Å². The van der Waals surface area contributed by atoms with E-state index in [4.69, 9.17) is 10.2 Å². The van der Waals surface area contributed by atoms with Crippen LogP contribution in [-0.2, 0) is 10.8 Å². The van der Waals surface area contributed by atoms with Gasteiger partial charge in [0.05, 0.1) is 12.3 Å². The summed E-state index contributed by atoms with van der Waals surface area (Å²) in [6.45, 7) is 6.59. The summed E-state index contributed by atoms with van der Waals surface area (Å²) in [7, 11) is 0. The summed E-state index contributed by atoms with van der Waals surface area (Å²) in [5.74, 6) is 0. The molecule has 0 radical (unpaired) electrons. The highest BCUT2D eigenvalue weighted by Gasteiger charge is 2.36. The van der Waals surface area contributed by atoms with E-state index in [-0.39, 0.29) is 12.0 Å². The monoisotopic (exact) mass is 447 g/mol. The molecule has 170 valence electrons. The van der Waals surface area contributed by atoms with Crippen molar-refractivity contribution < 1.29 is 5.11 Å². The van der Waals surface area contributed by atoms with E-state index < -0.39 is 5.41 Å². The van der Waals surface area contributed by atoms with Gasteiger partial charge in [0, 0.05) is 10.8 Å². The summed E-state index contributed by atoms with van der Waals surface area (Å²) in [4.78, 5) is 1.71. The van der Waals surface area contributed by atoms with E-state index in [9.17, 15) is 5.11 Å². The largest absolute Gasteiger partial charge is 0.395 e. The van der Waals surface area contributed by atoms with Crippen LogP contribution in [0.25, 0.3) is 16.7 Å². The van der Waals surface area contributed by atoms with E-state index in [0.29, 0.717) is 0 Å². The number of hydrogen-bond acceptors (Lipinski definition) is 3. The number of hydrogen-bond donors (Lipinski definition) is 1. The molecule has 0 aliphatic carbocycles. The first kappa shape index (κ1) is 22.1. The molecule has 5 aromatic rings. The van der Waals surface area contributed by atoms with E-state index >= 15 is 0 Å². The van der Waals surface area contributed by atoms with Crippen LogP contribution >= 0.6 is 0 Å². The highest BCUT2D eigenvalue weighted by molar-refractivity contribution is 5.73. The van der Waals surface area contributed by atoms with Gasteiger partial charge in [-0.05, 0) is 53.4 Å². The second-order valence-corrected chi connectivity index (χ2v) is 9.56. The number of aliphatic hydroxyl groups excluding tert-OH is 1. The van der Waals surface area contributed by atoms with Crippen molar-refractivity contribution in [3.63, 3.8) is 0 Å². The lowest BCUT2D eigenvalue weighted by molar-refractivity contribution is 0.230. The Hall–Kier alpha value is -3.76. The van der Waals surface area contributed by atoms with Crippen molar-refractivity contribution in [3.8, 4) is 5.69 Å². The molecule has 0 fully saturated rings. The molecule has 1 unspecified atom stereocenters. The maximum absolute atomic E-state index is 10.7. The lowest BCUT2D eigenvalue weighted by atomic mass is 9.68. The molecule has 4 aromatic carbocycles. The van der Waals surface area contributed by atoms with Crippen molar-refractivity contribution in [2.45, 2.75) is 31.6 Å². The van der Waals surface area contributed by atoms with Gasteiger partial charge in [-0.2, -0.15) is 4.80 Å². The number of aromatic nitrogens is 3. The number of benzene rings is 4. The van der Waals surface area contributed by atoms with Gasteiger partial charge in [-0.1, -0.05) is 92.7 Å². The van der Waals surface area contributed by atoms with Crippen molar-refractivity contribution in [1.29, 1.82) is 0 Å². The minimum atomic E-state index is -0.566. The van der Waals surface area contributed by atoms with Gasteiger partial charge >= 0.3 is 0 Å². The summed E-state index contributed by atoms with van der Waals surface area (Å²) in [6, 6.07) is 35.0. The molecule has 0 aliphatic heterocycles. The van der Waals surface area contributed by atoms with Crippen molar-refractivity contribution in [2.24, 2.45) is 0 Å². The molecule has 1 heterocycles. The van der Waals surface area contributed by atoms with Gasteiger partial charge in [0.1, 0.15) is 11.0 Å². The zero-order valence-electron chi connectivity index (χ0n) is 19.8. The van der Waals surface area contributed by atoms with E-state index in [0.717, 1.165) is 33.4 Å². The number of fused-ring (bicyclic) bond motifs is 1. The molecule has 5 rings (SSSR count). The molecule has 1 aromatic heterocycles. The van der Waals surface area contributed by atoms with E-state index in [1.54, 1.807) is 4.80 Å². The first-order chi connectivity index (χ1) is 16.4. The molecule has 1 atom stereocenters. The highest BCUT2D eigenvalue weighted by atomic mass is 16.3. The Balaban J connectivity index is 1.75. The smallest absolute Gasteiger partial charge is 0.113 e. The van der Waals surface area contributed by atoms with Crippen LogP contribution in [0.4, 0.5) is 0 Å². The lowest BCUT2D eigenvalue weighted by Crippen LogP contribution is -2.33. The molecule has 4 heteroatoms. The highest BCUT2D eigenvalue weighted by Crippen LogP contribution is 2.42. The molecule has 0 aliphatic rings. The maximum Gasteiger partial charge on any atom is 0.113 e. The van der Waals surface area contributed by atoms with Crippen molar-refractivity contribution in [2.75, 3.05) is 6.61 Å². The summed E-state index contributed by atoms with van der Waals surface area (Å²) in [5.41, 5.74) is 6.26. The zero-order valence-corrected chi connectivity index (χ0v) is 19.8. The molecule has 0 spiro atoms. The quantitative estimate of drug-likeness (QED) is 0.345. The molecule has 34 heavy (non-hydrogen) atoms. The molecule has 0 amide bonds. The Bertz CT molecular complexity index is 1390. The van der Waals surface area contributed by atoms with Gasteiger partial charge in [0.15, 0.2) is 0 Å². The Morgan fingerprint density at radius 3 is 1.74 bits per heavy atom. The van der Waals surface area contributed by atoms with Gasteiger partial charge < -0.3 is 5.11 Å². The minimum Gasteiger partial charge on any atom is -0.395 e. The first-order valence-electron chi connectivity index (χ1n) is 11.6. The average Bonchev–Trinajstić information content (AvgIpc) is 3.33. The molecule has 1 N–H and O–H groups in total. The normalized spacial score (nSPS) is 13.6. The van der Waals surface area contributed by atoms with Gasteiger partial charge in [-0.15, -0.1) is 10.2 Å². The molecular formula is C30H29N3O. The molecule has 0 saturated carbocycles. The summed E-state index contributed by atoms with van der Waals surface area (Å²) in [5, 5.41) is 20.1. The third kappa shape index (κ3) is 3.70.